The van der Waals surface area contributed by atoms with Gasteiger partial charge in [-0.15, -0.1) is 0 Å². The third-order valence-electron chi connectivity index (χ3n) is 8.11. The van der Waals surface area contributed by atoms with Crippen LogP contribution >= 0.6 is 0 Å². The first-order valence-corrected chi connectivity index (χ1v) is 13.8. The van der Waals surface area contributed by atoms with Crippen LogP contribution in [0, 0.1) is 0 Å². The molecule has 0 N–H and O–H groups in total. The number of rotatable bonds is 2. The van der Waals surface area contributed by atoms with Gasteiger partial charge in [-0.05, 0) is 6.92 Å². The van der Waals surface area contributed by atoms with Crippen molar-refractivity contribution in [2.75, 3.05) is 0 Å². The molecule has 3 aromatic carbocycles. The second kappa shape index (κ2) is 8.37. The molecule has 42 heavy (non-hydrogen) atoms. The Kier molecular flexibility index (Phi) is 4.58. The van der Waals surface area contributed by atoms with Crippen LogP contribution in [-0.4, -0.2) is 32.5 Å². The Bertz CT molecular complexity index is 2310. The van der Waals surface area contributed by atoms with Gasteiger partial charge in [-0.25, -0.2) is 30.0 Å². The minimum atomic E-state index is 0.385. The molecule has 0 atom stereocenters. The van der Waals surface area contributed by atoms with E-state index >= 15 is 0 Å². The SMILES string of the molecule is C=Cc1c(/C=C\C)c2n3c1N=C1N=C(N=c4c5ccccc5c(n4C3)=NC3=NC(=N2)c2ccccc23)c2ccccc21. The monoisotopic (exact) mass is 542 g/mol. The van der Waals surface area contributed by atoms with Crippen molar-refractivity contribution >= 4 is 57.9 Å². The quantitative estimate of drug-likeness (QED) is 0.280. The third-order valence-corrected chi connectivity index (χ3v) is 8.11. The summed E-state index contributed by atoms with van der Waals surface area (Å²) >= 11 is 0. The fourth-order valence-corrected chi connectivity index (χ4v) is 6.25. The number of fused-ring (bicyclic) bond motifs is 11. The van der Waals surface area contributed by atoms with E-state index < -0.39 is 0 Å². The van der Waals surface area contributed by atoms with Gasteiger partial charge in [0.15, 0.2) is 23.3 Å². The summed E-state index contributed by atoms with van der Waals surface area (Å²) < 4.78 is 4.25. The zero-order valence-electron chi connectivity index (χ0n) is 22.7. The molecule has 0 aliphatic carbocycles. The van der Waals surface area contributed by atoms with Gasteiger partial charge in [0.05, 0.1) is 0 Å². The highest BCUT2D eigenvalue weighted by Gasteiger charge is 2.30. The molecule has 0 radical (unpaired) electrons. The van der Waals surface area contributed by atoms with Gasteiger partial charge in [0.2, 0.25) is 0 Å². The molecule has 9 rings (SSSR count). The highest BCUT2D eigenvalue weighted by molar-refractivity contribution is 6.24. The second-order valence-corrected chi connectivity index (χ2v) is 10.4. The number of aromatic nitrogens is 2. The normalized spacial score (nSPS) is 15.6. The van der Waals surface area contributed by atoms with Crippen molar-refractivity contribution in [1.82, 2.24) is 9.13 Å². The van der Waals surface area contributed by atoms with E-state index in [0.29, 0.717) is 30.0 Å². The Morgan fingerprint density at radius 1 is 0.571 bits per heavy atom. The number of allylic oxidation sites excluding steroid dienone is 1. The van der Waals surface area contributed by atoms with Crippen LogP contribution in [0.3, 0.4) is 0 Å². The Morgan fingerprint density at radius 2 is 1.02 bits per heavy atom. The van der Waals surface area contributed by atoms with Crippen LogP contribution in [0.1, 0.15) is 40.3 Å². The van der Waals surface area contributed by atoms with Gasteiger partial charge >= 0.3 is 0 Å². The average Bonchev–Trinajstić information content (AvgIpc) is 3.71. The summed E-state index contributed by atoms with van der Waals surface area (Å²) in [5, 5.41) is 1.98. The number of benzene rings is 3. The molecule has 198 valence electrons. The van der Waals surface area contributed by atoms with Crippen molar-refractivity contribution in [1.29, 1.82) is 0 Å². The largest absolute Gasteiger partial charge is 0.291 e. The van der Waals surface area contributed by atoms with Crippen molar-refractivity contribution in [2.24, 2.45) is 30.0 Å². The molecule has 0 saturated heterocycles. The number of hydrogen-bond donors (Lipinski definition) is 0. The maximum Gasteiger partial charge on any atom is 0.164 e. The molecule has 5 aromatic rings. The van der Waals surface area contributed by atoms with E-state index in [1.807, 2.05) is 73.7 Å². The summed E-state index contributed by atoms with van der Waals surface area (Å²) in [4.78, 5) is 30.8. The lowest BCUT2D eigenvalue weighted by molar-refractivity contribution is 0.582. The van der Waals surface area contributed by atoms with E-state index in [1.165, 1.54) is 0 Å². The molecule has 0 fully saturated rings. The smallest absolute Gasteiger partial charge is 0.164 e. The van der Waals surface area contributed by atoms with Gasteiger partial charge in [-0.1, -0.05) is 97.6 Å². The number of amidine groups is 4. The van der Waals surface area contributed by atoms with Crippen molar-refractivity contribution < 1.29 is 0 Å². The molecule has 6 bridgehead atoms. The van der Waals surface area contributed by atoms with Gasteiger partial charge in [0, 0.05) is 44.2 Å². The molecular weight excluding hydrogens is 520 g/mol. The fraction of sp³-hybridized carbons (Fsp3) is 0.0588. The maximum atomic E-state index is 5.22. The van der Waals surface area contributed by atoms with Crippen molar-refractivity contribution in [3.63, 3.8) is 0 Å². The summed E-state index contributed by atoms with van der Waals surface area (Å²) in [5.41, 5.74) is 7.13. The summed E-state index contributed by atoms with van der Waals surface area (Å²) in [6, 6.07) is 24.5. The van der Waals surface area contributed by atoms with Crippen LogP contribution in [0.25, 0.3) is 22.9 Å². The van der Waals surface area contributed by atoms with E-state index in [0.717, 1.165) is 66.8 Å². The fourth-order valence-electron chi connectivity index (χ4n) is 6.25. The highest BCUT2D eigenvalue weighted by Crippen LogP contribution is 2.40. The van der Waals surface area contributed by atoms with Crippen LogP contribution in [0.4, 0.5) is 11.6 Å². The lowest BCUT2D eigenvalue weighted by Crippen LogP contribution is -2.32. The van der Waals surface area contributed by atoms with Crippen LogP contribution in [0.2, 0.25) is 0 Å². The topological polar surface area (TPSA) is 84.0 Å². The summed E-state index contributed by atoms with van der Waals surface area (Å²) in [7, 11) is 0. The zero-order valence-corrected chi connectivity index (χ0v) is 22.7. The highest BCUT2D eigenvalue weighted by atomic mass is 15.3. The Hall–Kier alpha value is -5.76. The number of aliphatic imine (C=N–C) groups is 4. The van der Waals surface area contributed by atoms with Crippen LogP contribution < -0.4 is 11.0 Å². The van der Waals surface area contributed by atoms with Crippen LogP contribution in [-0.2, 0) is 6.67 Å². The zero-order chi connectivity index (χ0) is 27.9. The molecule has 4 aliphatic heterocycles. The molecule has 8 heteroatoms. The first-order chi connectivity index (χ1) is 20.7. The van der Waals surface area contributed by atoms with Gasteiger partial charge in [0.1, 0.15) is 29.3 Å². The van der Waals surface area contributed by atoms with Crippen LogP contribution in [0.15, 0.2) is 115 Å². The van der Waals surface area contributed by atoms with E-state index in [9.17, 15) is 0 Å². The molecule has 2 aromatic heterocycles. The minimum Gasteiger partial charge on any atom is -0.291 e. The van der Waals surface area contributed by atoms with E-state index in [2.05, 4.69) is 40.0 Å². The second-order valence-electron chi connectivity index (χ2n) is 10.4. The van der Waals surface area contributed by atoms with E-state index in [1.54, 1.807) is 0 Å². The first kappa shape index (κ1) is 23.0. The van der Waals surface area contributed by atoms with Gasteiger partial charge in [-0.2, -0.15) is 0 Å². The maximum absolute atomic E-state index is 5.22. The molecule has 6 heterocycles. The Labute approximate surface area is 240 Å². The molecule has 8 nitrogen and oxygen atoms in total. The summed E-state index contributed by atoms with van der Waals surface area (Å²) in [6.45, 7) is 6.58. The average molecular weight is 543 g/mol. The number of nitrogens with zero attached hydrogens (tertiary/aromatic N) is 8. The van der Waals surface area contributed by atoms with Gasteiger partial charge in [-0.3, -0.25) is 9.13 Å². The molecule has 0 saturated carbocycles. The minimum absolute atomic E-state index is 0.385. The predicted octanol–water partition coefficient (Wildman–Crippen LogP) is 5.57. The first-order valence-electron chi connectivity index (χ1n) is 13.8. The van der Waals surface area contributed by atoms with E-state index in [4.69, 9.17) is 30.0 Å². The van der Waals surface area contributed by atoms with Crippen molar-refractivity contribution in [3.8, 4) is 0 Å². The third kappa shape index (κ3) is 3.00. The van der Waals surface area contributed by atoms with Gasteiger partial charge in [0.25, 0.3) is 0 Å². The van der Waals surface area contributed by atoms with Crippen molar-refractivity contribution in [2.45, 2.75) is 13.6 Å². The van der Waals surface area contributed by atoms with E-state index in [-0.39, 0.29) is 0 Å². The molecule has 0 unspecified atom stereocenters. The Morgan fingerprint density at radius 3 is 1.50 bits per heavy atom. The molecule has 4 aliphatic rings. The standard InChI is InChI=1S/C34H22N8/c1-3-11-24-19(4-2)31-37-27-20-12-5-6-13-21(20)29(35-27)39-33-25-16-9-10-17-26(25)34-40-30-23-15-8-7-14-22(23)28(36-30)38-32(24)41(31)18-42(33)34/h3-17H,2,18H2,1H3/b11-3-,37-27?,37-31?,38-28?,38-32?,39-29?,39-33?,40-30?,40-34?. The molecule has 0 amide bonds. The molecule has 0 spiro atoms. The predicted molar refractivity (Wildman–Crippen MR) is 167 cm³/mol. The molecular formula is C34H22N8. The van der Waals surface area contributed by atoms with Crippen LogP contribution in [0.5, 0.6) is 0 Å². The Balaban J connectivity index is 1.55. The number of hydrogen-bond acceptors (Lipinski definition) is 6. The lowest BCUT2D eigenvalue weighted by atomic mass is 10.1. The van der Waals surface area contributed by atoms with Crippen molar-refractivity contribution in [3.05, 3.63) is 130 Å². The van der Waals surface area contributed by atoms with Gasteiger partial charge < -0.3 is 0 Å². The summed E-state index contributed by atoms with van der Waals surface area (Å²) in [6.07, 6.45) is 5.93. The lowest BCUT2D eigenvalue weighted by Gasteiger charge is -2.13. The summed E-state index contributed by atoms with van der Waals surface area (Å²) in [5.74, 6) is 3.96.